The number of carboxylic acid groups (broad SMARTS) is 1. The Kier molecular flexibility index (Phi) is 13.8. The Morgan fingerprint density at radius 2 is 1.45 bits per heavy atom. The highest BCUT2D eigenvalue weighted by Crippen LogP contribution is 2.24. The number of carbonyl (C=O) groups is 3. The molecule has 0 aliphatic rings. The molecule has 9 nitrogen and oxygen atoms in total. The summed E-state index contributed by atoms with van der Waals surface area (Å²) in [5.74, 6) is -0.784. The van der Waals surface area contributed by atoms with Gasteiger partial charge in [-0.2, -0.15) is 0 Å². The lowest BCUT2D eigenvalue weighted by atomic mass is 9.98. The van der Waals surface area contributed by atoms with Crippen molar-refractivity contribution in [1.29, 1.82) is 0 Å². The molecule has 3 rings (SSSR count). The summed E-state index contributed by atoms with van der Waals surface area (Å²) in [7, 11) is 0. The van der Waals surface area contributed by atoms with Crippen molar-refractivity contribution in [3.63, 3.8) is 0 Å². The minimum absolute atomic E-state index is 0.155. The molecule has 0 fully saturated rings. The van der Waals surface area contributed by atoms with Crippen molar-refractivity contribution in [2.24, 2.45) is 0 Å². The number of rotatable bonds is 18. The van der Waals surface area contributed by atoms with Crippen LogP contribution in [0.2, 0.25) is 0 Å². The smallest absolute Gasteiger partial charge is 0.338 e. The maximum atomic E-state index is 12.4. The van der Waals surface area contributed by atoms with E-state index in [1.807, 2.05) is 0 Å². The van der Waals surface area contributed by atoms with Crippen molar-refractivity contribution >= 4 is 35.4 Å². The van der Waals surface area contributed by atoms with E-state index in [0.29, 0.717) is 47.9 Å². The molecule has 0 unspecified atom stereocenters. The third-order valence-corrected chi connectivity index (χ3v) is 6.96. The van der Waals surface area contributed by atoms with E-state index in [0.717, 1.165) is 62.7 Å². The predicted octanol–water partition coefficient (Wildman–Crippen LogP) is 7.09. The summed E-state index contributed by atoms with van der Waals surface area (Å²) in [5.41, 5.74) is 14.4. The number of unbranched alkanes of at least 4 members (excludes halogenated alkanes) is 6. The van der Waals surface area contributed by atoms with E-state index in [1.54, 1.807) is 60.7 Å². The molecule has 0 radical (unpaired) electrons. The first-order valence-corrected chi connectivity index (χ1v) is 15.1. The van der Waals surface area contributed by atoms with Crippen LogP contribution in [0.5, 0.6) is 11.5 Å². The third kappa shape index (κ3) is 11.5. The van der Waals surface area contributed by atoms with Gasteiger partial charge >= 0.3 is 17.9 Å². The van der Waals surface area contributed by atoms with Gasteiger partial charge in [0.25, 0.3) is 0 Å². The first-order valence-electron chi connectivity index (χ1n) is 15.1. The molecule has 0 saturated heterocycles. The molecule has 9 heteroatoms. The molecule has 3 aromatic carbocycles. The zero-order valence-electron chi connectivity index (χ0n) is 25.3. The second-order valence-electron chi connectivity index (χ2n) is 10.5. The van der Waals surface area contributed by atoms with E-state index < -0.39 is 17.9 Å². The number of carboxylic acids is 1. The van der Waals surface area contributed by atoms with Gasteiger partial charge in [0.2, 0.25) is 0 Å². The van der Waals surface area contributed by atoms with Gasteiger partial charge in [-0.15, -0.1) is 0 Å². The lowest BCUT2D eigenvalue weighted by Gasteiger charge is -2.11. The molecular formula is C35H42N2O7. The van der Waals surface area contributed by atoms with Crippen molar-refractivity contribution in [2.75, 3.05) is 24.7 Å². The summed E-state index contributed by atoms with van der Waals surface area (Å²) in [6.45, 7) is 3.12. The third-order valence-electron chi connectivity index (χ3n) is 6.96. The Morgan fingerprint density at radius 3 is 2.16 bits per heavy atom. The van der Waals surface area contributed by atoms with Crippen LogP contribution in [0, 0.1) is 0 Å². The van der Waals surface area contributed by atoms with E-state index in [-0.39, 0.29) is 5.56 Å². The average molecular weight is 603 g/mol. The molecule has 0 aliphatic heterocycles. The SMILES string of the molecule is CCCCCOc1ccc(OC(=O)/C=C/c2ccc(C(=O)OCCCCCCCc3c(N)cc(N)cc3C(=O)O)cc2)cc1. The van der Waals surface area contributed by atoms with Crippen molar-refractivity contribution in [2.45, 2.75) is 64.7 Å². The van der Waals surface area contributed by atoms with E-state index in [4.69, 9.17) is 25.7 Å². The fraction of sp³-hybridized carbons (Fsp3) is 0.343. The summed E-state index contributed by atoms with van der Waals surface area (Å²) in [4.78, 5) is 36.1. The minimum Gasteiger partial charge on any atom is -0.494 e. The highest BCUT2D eigenvalue weighted by molar-refractivity contribution is 5.93. The van der Waals surface area contributed by atoms with Gasteiger partial charge in [0, 0.05) is 17.5 Å². The fourth-order valence-corrected chi connectivity index (χ4v) is 4.56. The van der Waals surface area contributed by atoms with Gasteiger partial charge in [-0.05, 0) is 91.4 Å². The first kappa shape index (κ1) is 33.7. The number of anilines is 2. The number of aromatic carboxylic acids is 1. The Hall–Kier alpha value is -4.79. The highest BCUT2D eigenvalue weighted by atomic mass is 16.5. The van der Waals surface area contributed by atoms with Gasteiger partial charge in [-0.3, -0.25) is 0 Å². The molecule has 0 amide bonds. The van der Waals surface area contributed by atoms with Crippen molar-refractivity contribution in [3.05, 3.63) is 89.0 Å². The molecule has 3 aromatic rings. The van der Waals surface area contributed by atoms with Crippen LogP contribution in [0.3, 0.4) is 0 Å². The van der Waals surface area contributed by atoms with E-state index in [9.17, 15) is 19.5 Å². The van der Waals surface area contributed by atoms with Crippen LogP contribution in [0.1, 0.15) is 90.1 Å². The topological polar surface area (TPSA) is 151 Å². The van der Waals surface area contributed by atoms with Gasteiger partial charge in [-0.25, -0.2) is 14.4 Å². The summed E-state index contributed by atoms with van der Waals surface area (Å²) in [6.07, 6.45) is 11.0. The zero-order valence-corrected chi connectivity index (χ0v) is 25.3. The molecule has 0 saturated carbocycles. The van der Waals surface area contributed by atoms with Crippen molar-refractivity contribution < 1.29 is 33.7 Å². The van der Waals surface area contributed by atoms with Crippen molar-refractivity contribution in [1.82, 2.24) is 0 Å². The van der Waals surface area contributed by atoms with E-state index >= 15 is 0 Å². The van der Waals surface area contributed by atoms with Gasteiger partial charge in [0.15, 0.2) is 0 Å². The molecule has 0 aliphatic carbocycles. The second kappa shape index (κ2) is 18.0. The van der Waals surface area contributed by atoms with Gasteiger partial charge < -0.3 is 30.8 Å². The number of nitrogens with two attached hydrogens (primary N) is 2. The molecule has 0 spiro atoms. The molecule has 0 bridgehead atoms. The van der Waals surface area contributed by atoms with E-state index in [2.05, 4.69) is 6.92 Å². The Bertz CT molecular complexity index is 1400. The molecule has 44 heavy (non-hydrogen) atoms. The maximum Gasteiger partial charge on any atom is 0.338 e. The van der Waals surface area contributed by atoms with Crippen LogP contribution < -0.4 is 20.9 Å². The van der Waals surface area contributed by atoms with Crippen LogP contribution in [0.15, 0.2) is 66.7 Å². The normalized spacial score (nSPS) is 10.9. The Balaban J connectivity index is 1.31. The van der Waals surface area contributed by atoms with Crippen LogP contribution in [-0.2, 0) is 16.0 Å². The van der Waals surface area contributed by atoms with E-state index in [1.165, 1.54) is 12.1 Å². The van der Waals surface area contributed by atoms with Gasteiger partial charge in [-0.1, -0.05) is 51.2 Å². The standard InChI is InChI=1S/C35H42N2O7/c1-2-3-8-21-42-28-16-18-29(19-17-28)44-33(38)20-13-25-11-14-26(15-12-25)35(41)43-22-9-6-4-5-7-10-30-31(34(39)40)23-27(36)24-32(30)37/h11-20,23-24H,2-10,21-22,36-37H2,1H3,(H,39,40)/b20-13+. The monoisotopic (exact) mass is 602 g/mol. The van der Waals surface area contributed by atoms with Crippen LogP contribution in [0.25, 0.3) is 6.08 Å². The summed E-state index contributed by atoms with van der Waals surface area (Å²) < 4.78 is 16.4. The first-order chi connectivity index (χ1) is 21.3. The number of esters is 2. The largest absolute Gasteiger partial charge is 0.494 e. The molecule has 0 atom stereocenters. The number of nitrogen functional groups attached to an aromatic ring is 2. The zero-order chi connectivity index (χ0) is 31.7. The summed E-state index contributed by atoms with van der Waals surface area (Å²) in [5, 5.41) is 9.40. The number of carbonyl (C=O) groups excluding carboxylic acids is 2. The fourth-order valence-electron chi connectivity index (χ4n) is 4.56. The number of hydrogen-bond donors (Lipinski definition) is 3. The van der Waals surface area contributed by atoms with Crippen LogP contribution in [-0.4, -0.2) is 36.2 Å². The van der Waals surface area contributed by atoms with Gasteiger partial charge in [0.05, 0.1) is 24.3 Å². The van der Waals surface area contributed by atoms with Crippen LogP contribution in [0.4, 0.5) is 11.4 Å². The number of ether oxygens (including phenoxy) is 3. The number of benzene rings is 3. The Morgan fingerprint density at radius 1 is 0.795 bits per heavy atom. The molecular weight excluding hydrogens is 560 g/mol. The molecule has 234 valence electrons. The lowest BCUT2D eigenvalue weighted by Crippen LogP contribution is -2.08. The Labute approximate surface area is 258 Å². The summed E-state index contributed by atoms with van der Waals surface area (Å²) in [6, 6.07) is 16.7. The lowest BCUT2D eigenvalue weighted by molar-refractivity contribution is -0.128. The quantitative estimate of drug-likeness (QED) is 0.0456. The minimum atomic E-state index is -1.03. The molecule has 5 N–H and O–H groups in total. The molecule has 0 aromatic heterocycles. The average Bonchev–Trinajstić information content (AvgIpc) is 3.01. The summed E-state index contributed by atoms with van der Waals surface area (Å²) >= 11 is 0. The molecule has 0 heterocycles. The maximum absolute atomic E-state index is 12.4. The number of hydrogen-bond acceptors (Lipinski definition) is 8. The highest BCUT2D eigenvalue weighted by Gasteiger charge is 2.14. The van der Waals surface area contributed by atoms with Crippen LogP contribution >= 0.6 is 0 Å². The van der Waals surface area contributed by atoms with Crippen molar-refractivity contribution in [3.8, 4) is 11.5 Å². The predicted molar refractivity (Wildman–Crippen MR) is 172 cm³/mol. The second-order valence-corrected chi connectivity index (χ2v) is 10.5. The van der Waals surface area contributed by atoms with Gasteiger partial charge in [0.1, 0.15) is 11.5 Å².